The van der Waals surface area contributed by atoms with Crippen LogP contribution in [0.1, 0.15) is 29.3 Å². The van der Waals surface area contributed by atoms with Crippen LogP contribution >= 0.6 is 23.1 Å². The number of anilines is 1. The second-order valence-electron chi connectivity index (χ2n) is 4.59. The molecule has 0 spiro atoms. The highest BCUT2D eigenvalue weighted by Crippen LogP contribution is 2.28. The molecule has 0 fully saturated rings. The zero-order valence-electron chi connectivity index (χ0n) is 11.7. The van der Waals surface area contributed by atoms with E-state index in [9.17, 15) is 0 Å². The third kappa shape index (κ3) is 4.25. The average molecular weight is 292 g/mol. The maximum Gasteiger partial charge on any atom is 0.182 e. The van der Waals surface area contributed by atoms with E-state index in [2.05, 4.69) is 49.3 Å². The summed E-state index contributed by atoms with van der Waals surface area (Å²) < 4.78 is 0. The van der Waals surface area contributed by atoms with Gasteiger partial charge < -0.3 is 5.32 Å². The van der Waals surface area contributed by atoms with Gasteiger partial charge in [-0.25, -0.2) is 4.98 Å². The number of nitrogens with zero attached hydrogens (tertiary/aromatic N) is 1. The molecule has 0 saturated carbocycles. The molecule has 4 heteroatoms. The number of hydrogen-bond donors (Lipinski definition) is 1. The molecule has 0 saturated heterocycles. The second-order valence-corrected chi connectivity index (χ2v) is 6.76. The lowest BCUT2D eigenvalue weighted by molar-refractivity contribution is 0.976. The fourth-order valence-corrected chi connectivity index (χ4v) is 3.50. The number of thiazole rings is 1. The van der Waals surface area contributed by atoms with Crippen molar-refractivity contribution < 1.29 is 0 Å². The van der Waals surface area contributed by atoms with Crippen molar-refractivity contribution >= 4 is 28.2 Å². The Hall–Kier alpha value is -1.00. The molecular formula is C15H20N2S2. The van der Waals surface area contributed by atoms with Gasteiger partial charge in [-0.05, 0) is 43.5 Å². The first kappa shape index (κ1) is 14.4. The molecule has 2 aromatic rings. The summed E-state index contributed by atoms with van der Waals surface area (Å²) in [6, 6.07) is 6.65. The molecule has 1 heterocycles. The van der Waals surface area contributed by atoms with Gasteiger partial charge in [0.05, 0.1) is 0 Å². The van der Waals surface area contributed by atoms with Gasteiger partial charge in [-0.3, -0.25) is 0 Å². The van der Waals surface area contributed by atoms with E-state index in [1.807, 2.05) is 18.0 Å². The smallest absolute Gasteiger partial charge is 0.182 e. The van der Waals surface area contributed by atoms with Gasteiger partial charge in [0.2, 0.25) is 0 Å². The topological polar surface area (TPSA) is 24.9 Å². The molecule has 102 valence electrons. The summed E-state index contributed by atoms with van der Waals surface area (Å²) in [5, 5.41) is 4.37. The highest BCUT2D eigenvalue weighted by molar-refractivity contribution is 7.98. The Labute approximate surface area is 123 Å². The Kier molecular flexibility index (Phi) is 5.28. The lowest BCUT2D eigenvalue weighted by Gasteiger charge is -2.03. The largest absolute Gasteiger partial charge is 0.362 e. The molecule has 0 aliphatic rings. The van der Waals surface area contributed by atoms with E-state index >= 15 is 0 Å². The molecular weight excluding hydrogens is 272 g/mol. The Morgan fingerprint density at radius 1 is 1.26 bits per heavy atom. The molecule has 1 N–H and O–H groups in total. The molecule has 0 bridgehead atoms. The molecule has 19 heavy (non-hydrogen) atoms. The molecule has 0 aliphatic heterocycles. The molecule has 0 radical (unpaired) electrons. The van der Waals surface area contributed by atoms with Crippen LogP contribution in [0.2, 0.25) is 0 Å². The fraction of sp³-hybridized carbons (Fsp3) is 0.400. The predicted octanol–water partition coefficient (Wildman–Crippen LogP) is 4.87. The van der Waals surface area contributed by atoms with Gasteiger partial charge in [0.1, 0.15) is 0 Å². The van der Waals surface area contributed by atoms with E-state index in [4.69, 9.17) is 0 Å². The first-order valence-corrected chi connectivity index (χ1v) is 8.38. The van der Waals surface area contributed by atoms with Crippen molar-refractivity contribution in [2.45, 2.75) is 37.8 Å². The van der Waals surface area contributed by atoms with Crippen molar-refractivity contribution in [2.75, 3.05) is 11.9 Å². The van der Waals surface area contributed by atoms with Crippen LogP contribution in [0.25, 0.3) is 0 Å². The maximum atomic E-state index is 4.39. The lowest BCUT2D eigenvalue weighted by atomic mass is 10.1. The van der Waals surface area contributed by atoms with Crippen molar-refractivity contribution in [3.63, 3.8) is 0 Å². The molecule has 2 rings (SSSR count). The van der Waals surface area contributed by atoms with Crippen LogP contribution in [0, 0.1) is 13.8 Å². The Balaban J connectivity index is 1.91. The quantitative estimate of drug-likeness (QED) is 0.769. The SMILES string of the molecule is CCCNc1ncc(CSc2ccc(C)c(C)c2)s1. The fourth-order valence-electron chi connectivity index (χ4n) is 1.65. The molecule has 0 amide bonds. The van der Waals surface area contributed by atoms with Crippen LogP contribution in [-0.4, -0.2) is 11.5 Å². The molecule has 1 aromatic heterocycles. The Morgan fingerprint density at radius 2 is 2.11 bits per heavy atom. The Bertz CT molecular complexity index is 535. The average Bonchev–Trinajstić information content (AvgIpc) is 2.86. The van der Waals surface area contributed by atoms with Crippen LogP contribution < -0.4 is 5.32 Å². The number of aryl methyl sites for hydroxylation is 2. The third-order valence-electron chi connectivity index (χ3n) is 2.94. The number of aromatic nitrogens is 1. The van der Waals surface area contributed by atoms with Crippen LogP contribution in [0.15, 0.2) is 29.3 Å². The van der Waals surface area contributed by atoms with Gasteiger partial charge in [0, 0.05) is 28.3 Å². The van der Waals surface area contributed by atoms with Crippen molar-refractivity contribution in [1.82, 2.24) is 4.98 Å². The predicted molar refractivity (Wildman–Crippen MR) is 86.4 cm³/mol. The summed E-state index contributed by atoms with van der Waals surface area (Å²) in [6.07, 6.45) is 3.11. The lowest BCUT2D eigenvalue weighted by Crippen LogP contribution is -1.97. The van der Waals surface area contributed by atoms with Gasteiger partial charge in [0.15, 0.2) is 5.13 Å². The highest BCUT2D eigenvalue weighted by Gasteiger charge is 2.03. The second kappa shape index (κ2) is 6.96. The summed E-state index contributed by atoms with van der Waals surface area (Å²) >= 11 is 3.63. The normalized spacial score (nSPS) is 10.7. The number of benzene rings is 1. The first-order valence-electron chi connectivity index (χ1n) is 6.57. The number of hydrogen-bond acceptors (Lipinski definition) is 4. The molecule has 2 nitrogen and oxygen atoms in total. The molecule has 1 aromatic carbocycles. The summed E-state index contributed by atoms with van der Waals surface area (Å²) in [5.74, 6) is 0.994. The van der Waals surface area contributed by atoms with Gasteiger partial charge in [0.25, 0.3) is 0 Å². The summed E-state index contributed by atoms with van der Waals surface area (Å²) in [4.78, 5) is 7.05. The van der Waals surface area contributed by atoms with Crippen LogP contribution in [-0.2, 0) is 5.75 Å². The highest BCUT2D eigenvalue weighted by atomic mass is 32.2. The molecule has 0 aliphatic carbocycles. The van der Waals surface area contributed by atoms with E-state index in [0.29, 0.717) is 0 Å². The minimum atomic E-state index is 0.994. The standard InChI is InChI=1S/C15H20N2S2/c1-4-7-16-15-17-9-14(19-15)10-18-13-6-5-11(2)12(3)8-13/h5-6,8-9H,4,7,10H2,1-3H3,(H,16,17). The first-order chi connectivity index (χ1) is 9.19. The van der Waals surface area contributed by atoms with Crippen molar-refractivity contribution in [2.24, 2.45) is 0 Å². The maximum absolute atomic E-state index is 4.39. The minimum absolute atomic E-state index is 0.994. The van der Waals surface area contributed by atoms with E-state index in [-0.39, 0.29) is 0 Å². The summed E-state index contributed by atoms with van der Waals surface area (Å²) in [5.41, 5.74) is 2.72. The number of nitrogens with one attached hydrogen (secondary N) is 1. The van der Waals surface area contributed by atoms with Gasteiger partial charge >= 0.3 is 0 Å². The van der Waals surface area contributed by atoms with Crippen LogP contribution in [0.3, 0.4) is 0 Å². The molecule has 0 unspecified atom stereocenters. The summed E-state index contributed by atoms with van der Waals surface area (Å²) in [6.45, 7) is 7.48. The monoisotopic (exact) mass is 292 g/mol. The van der Waals surface area contributed by atoms with E-state index in [0.717, 1.165) is 23.8 Å². The minimum Gasteiger partial charge on any atom is -0.362 e. The van der Waals surface area contributed by atoms with Crippen molar-refractivity contribution in [3.8, 4) is 0 Å². The number of thioether (sulfide) groups is 1. The van der Waals surface area contributed by atoms with Crippen LogP contribution in [0.5, 0.6) is 0 Å². The van der Waals surface area contributed by atoms with E-state index in [1.54, 1.807) is 11.3 Å². The van der Waals surface area contributed by atoms with E-state index < -0.39 is 0 Å². The van der Waals surface area contributed by atoms with Crippen molar-refractivity contribution in [3.05, 3.63) is 40.4 Å². The van der Waals surface area contributed by atoms with Crippen LogP contribution in [0.4, 0.5) is 5.13 Å². The van der Waals surface area contributed by atoms with Gasteiger partial charge in [-0.2, -0.15) is 0 Å². The number of rotatable bonds is 6. The third-order valence-corrected chi connectivity index (χ3v) is 5.12. The zero-order chi connectivity index (χ0) is 13.7. The Morgan fingerprint density at radius 3 is 2.84 bits per heavy atom. The zero-order valence-corrected chi connectivity index (χ0v) is 13.3. The molecule has 0 atom stereocenters. The van der Waals surface area contributed by atoms with Gasteiger partial charge in [-0.15, -0.1) is 23.1 Å². The summed E-state index contributed by atoms with van der Waals surface area (Å²) in [7, 11) is 0. The van der Waals surface area contributed by atoms with Gasteiger partial charge in [-0.1, -0.05) is 13.0 Å². The van der Waals surface area contributed by atoms with Crippen molar-refractivity contribution in [1.29, 1.82) is 0 Å². The van der Waals surface area contributed by atoms with E-state index in [1.165, 1.54) is 20.9 Å².